The van der Waals surface area contributed by atoms with E-state index >= 15 is 0 Å². The molecule has 1 aliphatic rings. The molecule has 1 fully saturated rings. The van der Waals surface area contributed by atoms with Gasteiger partial charge < -0.3 is 0 Å². The Balaban J connectivity index is 2.28. The lowest BCUT2D eigenvalue weighted by Crippen LogP contribution is -2.41. The molecule has 0 bridgehead atoms. The van der Waals surface area contributed by atoms with Gasteiger partial charge in [0.1, 0.15) is 5.82 Å². The average Bonchev–Trinajstić information content (AvgIpc) is 2.67. The number of benzene rings is 1. The summed E-state index contributed by atoms with van der Waals surface area (Å²) in [7, 11) is 0. The van der Waals surface area contributed by atoms with E-state index in [0.29, 0.717) is 0 Å². The van der Waals surface area contributed by atoms with Gasteiger partial charge in [-0.2, -0.15) is 11.8 Å². The van der Waals surface area contributed by atoms with E-state index in [1.807, 2.05) is 17.8 Å². The van der Waals surface area contributed by atoms with Crippen LogP contribution in [0.3, 0.4) is 0 Å². The molecule has 3 N–H and O–H groups in total. The smallest absolute Gasteiger partial charge is 0.123 e. The molecule has 1 aromatic carbocycles. The maximum atomic E-state index is 13.2. The van der Waals surface area contributed by atoms with Crippen LogP contribution >= 0.6 is 11.8 Å². The quantitative estimate of drug-likeness (QED) is 0.630. The molecule has 4 heteroatoms. The van der Waals surface area contributed by atoms with Gasteiger partial charge in [-0.25, -0.2) is 4.39 Å². The SMILES string of the molecule is CC1(C(NN)c2cccc(F)c2)CCCS1. The second-order valence-electron chi connectivity index (χ2n) is 4.42. The lowest BCUT2D eigenvalue weighted by molar-refractivity contribution is 0.419. The first kappa shape index (κ1) is 11.9. The molecule has 0 spiro atoms. The Morgan fingerprint density at radius 3 is 2.94 bits per heavy atom. The zero-order valence-corrected chi connectivity index (χ0v) is 10.2. The minimum Gasteiger partial charge on any atom is -0.271 e. The Bertz CT molecular complexity index is 364. The molecule has 0 saturated carbocycles. The Labute approximate surface area is 99.8 Å². The van der Waals surface area contributed by atoms with Crippen LogP contribution in [0.5, 0.6) is 0 Å². The summed E-state index contributed by atoms with van der Waals surface area (Å²) < 4.78 is 13.3. The Hall–Kier alpha value is -0.580. The van der Waals surface area contributed by atoms with E-state index in [4.69, 9.17) is 5.84 Å². The second kappa shape index (κ2) is 4.73. The number of hydrogen-bond donors (Lipinski definition) is 2. The zero-order chi connectivity index (χ0) is 11.6. The molecule has 1 saturated heterocycles. The number of hydrogen-bond acceptors (Lipinski definition) is 3. The fraction of sp³-hybridized carbons (Fsp3) is 0.500. The van der Waals surface area contributed by atoms with Gasteiger partial charge in [-0.15, -0.1) is 0 Å². The highest BCUT2D eigenvalue weighted by Gasteiger charge is 2.38. The summed E-state index contributed by atoms with van der Waals surface area (Å²) in [6, 6.07) is 6.70. The highest BCUT2D eigenvalue weighted by Crippen LogP contribution is 2.46. The van der Waals surface area contributed by atoms with Crippen molar-refractivity contribution in [2.75, 3.05) is 5.75 Å². The van der Waals surface area contributed by atoms with Crippen LogP contribution in [-0.4, -0.2) is 10.5 Å². The number of hydrazine groups is 1. The normalized spacial score (nSPS) is 26.9. The van der Waals surface area contributed by atoms with E-state index in [9.17, 15) is 4.39 Å². The van der Waals surface area contributed by atoms with Crippen molar-refractivity contribution in [3.8, 4) is 0 Å². The molecule has 2 rings (SSSR count). The van der Waals surface area contributed by atoms with Crippen molar-refractivity contribution < 1.29 is 4.39 Å². The van der Waals surface area contributed by atoms with E-state index in [1.54, 1.807) is 12.1 Å². The van der Waals surface area contributed by atoms with Crippen LogP contribution in [0.1, 0.15) is 31.4 Å². The molecular weight excluding hydrogens is 223 g/mol. The lowest BCUT2D eigenvalue weighted by atomic mass is 9.91. The molecular formula is C12H17FN2S. The molecule has 0 aromatic heterocycles. The van der Waals surface area contributed by atoms with Crippen molar-refractivity contribution in [2.45, 2.75) is 30.6 Å². The Morgan fingerprint density at radius 1 is 1.56 bits per heavy atom. The first-order valence-corrected chi connectivity index (χ1v) is 6.50. The molecule has 2 nitrogen and oxygen atoms in total. The molecule has 2 atom stereocenters. The van der Waals surface area contributed by atoms with E-state index in [2.05, 4.69) is 12.3 Å². The topological polar surface area (TPSA) is 38.0 Å². The molecule has 0 aliphatic carbocycles. The van der Waals surface area contributed by atoms with Crippen LogP contribution in [0.15, 0.2) is 24.3 Å². The Morgan fingerprint density at radius 2 is 2.38 bits per heavy atom. The fourth-order valence-electron chi connectivity index (χ4n) is 2.34. The van der Waals surface area contributed by atoms with Crippen molar-refractivity contribution in [1.29, 1.82) is 0 Å². The third kappa shape index (κ3) is 2.24. The van der Waals surface area contributed by atoms with Crippen molar-refractivity contribution >= 4 is 11.8 Å². The van der Waals surface area contributed by atoms with Gasteiger partial charge in [0.2, 0.25) is 0 Å². The Kier molecular flexibility index (Phi) is 3.52. The van der Waals surface area contributed by atoms with Gasteiger partial charge >= 0.3 is 0 Å². The van der Waals surface area contributed by atoms with Crippen LogP contribution < -0.4 is 11.3 Å². The van der Waals surface area contributed by atoms with E-state index in [1.165, 1.54) is 12.5 Å². The minimum absolute atomic E-state index is 0.00991. The molecule has 88 valence electrons. The van der Waals surface area contributed by atoms with Gasteiger partial charge in [-0.3, -0.25) is 11.3 Å². The minimum atomic E-state index is -0.204. The zero-order valence-electron chi connectivity index (χ0n) is 9.37. The van der Waals surface area contributed by atoms with Crippen LogP contribution in [0.2, 0.25) is 0 Å². The first-order chi connectivity index (χ1) is 7.65. The first-order valence-electron chi connectivity index (χ1n) is 5.51. The van der Waals surface area contributed by atoms with Crippen molar-refractivity contribution in [2.24, 2.45) is 5.84 Å². The van der Waals surface area contributed by atoms with Crippen molar-refractivity contribution in [1.82, 2.24) is 5.43 Å². The van der Waals surface area contributed by atoms with Gasteiger partial charge in [0, 0.05) is 4.75 Å². The van der Waals surface area contributed by atoms with Gasteiger partial charge in [0.25, 0.3) is 0 Å². The molecule has 1 aliphatic heterocycles. The van der Waals surface area contributed by atoms with Crippen molar-refractivity contribution in [3.63, 3.8) is 0 Å². The molecule has 1 aromatic rings. The lowest BCUT2D eigenvalue weighted by Gasteiger charge is -2.33. The summed E-state index contributed by atoms with van der Waals surface area (Å²) in [5, 5.41) is 0. The summed E-state index contributed by atoms with van der Waals surface area (Å²) in [4.78, 5) is 0. The van der Waals surface area contributed by atoms with Crippen molar-refractivity contribution in [3.05, 3.63) is 35.6 Å². The second-order valence-corrected chi connectivity index (χ2v) is 6.05. The predicted octanol–water partition coefficient (Wildman–Crippen LogP) is 2.62. The monoisotopic (exact) mass is 240 g/mol. The van der Waals surface area contributed by atoms with E-state index < -0.39 is 0 Å². The molecule has 0 amide bonds. The molecule has 1 heterocycles. The predicted molar refractivity (Wildman–Crippen MR) is 66.6 cm³/mol. The summed E-state index contributed by atoms with van der Waals surface area (Å²) in [6.07, 6.45) is 2.32. The number of rotatable bonds is 3. The van der Waals surface area contributed by atoms with Crippen LogP contribution in [0.25, 0.3) is 0 Å². The number of nitrogens with two attached hydrogens (primary N) is 1. The van der Waals surface area contributed by atoms with Gasteiger partial charge in [0.05, 0.1) is 6.04 Å². The third-order valence-electron chi connectivity index (χ3n) is 3.21. The molecule has 16 heavy (non-hydrogen) atoms. The third-order valence-corrected chi connectivity index (χ3v) is 4.80. The number of nitrogens with one attached hydrogen (secondary N) is 1. The summed E-state index contributed by atoms with van der Waals surface area (Å²) in [6.45, 7) is 2.19. The summed E-state index contributed by atoms with van der Waals surface area (Å²) in [5.74, 6) is 6.59. The molecule has 0 radical (unpaired) electrons. The maximum absolute atomic E-state index is 13.2. The van der Waals surface area contributed by atoms with Gasteiger partial charge in [-0.1, -0.05) is 12.1 Å². The highest BCUT2D eigenvalue weighted by atomic mass is 32.2. The van der Waals surface area contributed by atoms with Gasteiger partial charge in [0.15, 0.2) is 0 Å². The maximum Gasteiger partial charge on any atom is 0.123 e. The number of thioether (sulfide) groups is 1. The van der Waals surface area contributed by atoms with Crippen LogP contribution in [-0.2, 0) is 0 Å². The average molecular weight is 240 g/mol. The van der Waals surface area contributed by atoms with Gasteiger partial charge in [-0.05, 0) is 43.2 Å². The van der Waals surface area contributed by atoms with Crippen LogP contribution in [0.4, 0.5) is 4.39 Å². The van der Waals surface area contributed by atoms with Crippen LogP contribution in [0, 0.1) is 5.82 Å². The fourth-order valence-corrected chi connectivity index (χ4v) is 3.75. The standard InChI is InChI=1S/C12H17FN2S/c1-12(6-3-7-16-12)11(15-14)9-4-2-5-10(13)8-9/h2,4-5,8,11,15H,3,6-7,14H2,1H3. The van der Waals surface area contributed by atoms with E-state index in [0.717, 1.165) is 17.7 Å². The summed E-state index contributed by atoms with van der Waals surface area (Å²) >= 11 is 1.91. The molecule has 2 unspecified atom stereocenters. The van der Waals surface area contributed by atoms with E-state index in [-0.39, 0.29) is 16.6 Å². The highest BCUT2D eigenvalue weighted by molar-refractivity contribution is 8.00. The largest absolute Gasteiger partial charge is 0.271 e. The number of halogens is 1. The summed E-state index contributed by atoms with van der Waals surface area (Å²) in [5.41, 5.74) is 3.77.